The molecule has 0 spiro atoms. The van der Waals surface area contributed by atoms with E-state index < -0.39 is 0 Å². The largest absolute Gasteiger partial charge is 0.352 e. The molecule has 0 saturated heterocycles. The first-order chi connectivity index (χ1) is 13.5. The van der Waals surface area contributed by atoms with E-state index in [1.165, 1.54) is 4.57 Å². The topological polar surface area (TPSA) is 81.8 Å². The summed E-state index contributed by atoms with van der Waals surface area (Å²) in [5.74, 6) is -0.132. The normalized spacial score (nSPS) is 19.6. The molecular weight excluding hydrogens is 354 g/mol. The highest BCUT2D eigenvalue weighted by Crippen LogP contribution is 2.31. The molecule has 0 bridgehead atoms. The van der Waals surface area contributed by atoms with Crippen LogP contribution in [0.1, 0.15) is 43.1 Å². The van der Waals surface area contributed by atoms with E-state index in [9.17, 15) is 9.59 Å². The van der Waals surface area contributed by atoms with Crippen molar-refractivity contribution in [2.75, 3.05) is 0 Å². The van der Waals surface area contributed by atoms with Crippen LogP contribution in [-0.2, 0) is 11.3 Å². The molecule has 0 aromatic carbocycles. The highest BCUT2D eigenvalue weighted by Gasteiger charge is 2.24. The Bertz CT molecular complexity index is 1060. The van der Waals surface area contributed by atoms with Gasteiger partial charge in [0.25, 0.3) is 0 Å². The van der Waals surface area contributed by atoms with E-state index in [1.807, 2.05) is 25.3 Å². The molecular formula is C21H25N5O2. The van der Waals surface area contributed by atoms with Crippen molar-refractivity contribution in [2.24, 2.45) is 0 Å². The lowest BCUT2D eigenvalue weighted by atomic mass is 9.91. The second kappa shape index (κ2) is 7.58. The quantitative estimate of drug-likeness (QED) is 0.755. The Hall–Kier alpha value is -2.96. The molecule has 0 atom stereocenters. The van der Waals surface area contributed by atoms with E-state index in [2.05, 4.69) is 38.2 Å². The lowest BCUT2D eigenvalue weighted by molar-refractivity contribution is -0.122. The van der Waals surface area contributed by atoms with Crippen molar-refractivity contribution in [3.63, 3.8) is 0 Å². The molecule has 1 saturated carbocycles. The van der Waals surface area contributed by atoms with Gasteiger partial charge in [0.1, 0.15) is 12.2 Å². The Labute approximate surface area is 163 Å². The number of pyridine rings is 1. The molecule has 3 aromatic rings. The number of hydrogen-bond donors (Lipinski definition) is 1. The molecule has 7 heteroatoms. The van der Waals surface area contributed by atoms with Crippen LogP contribution in [0.3, 0.4) is 0 Å². The van der Waals surface area contributed by atoms with Crippen molar-refractivity contribution in [3.05, 3.63) is 58.5 Å². The number of rotatable bonds is 4. The molecule has 1 aliphatic rings. The molecule has 3 heterocycles. The number of fused-ring (bicyclic) bond motifs is 1. The third-order valence-corrected chi connectivity index (χ3v) is 5.58. The smallest absolute Gasteiger partial charge is 0.348 e. The average Bonchev–Trinajstić information content (AvgIpc) is 3.09. The summed E-state index contributed by atoms with van der Waals surface area (Å²) >= 11 is 0. The van der Waals surface area contributed by atoms with Gasteiger partial charge < -0.3 is 9.88 Å². The van der Waals surface area contributed by atoms with E-state index in [4.69, 9.17) is 0 Å². The van der Waals surface area contributed by atoms with E-state index in [0.717, 1.165) is 42.4 Å². The fourth-order valence-electron chi connectivity index (χ4n) is 4.16. The van der Waals surface area contributed by atoms with Crippen molar-refractivity contribution in [3.8, 4) is 0 Å². The van der Waals surface area contributed by atoms with Gasteiger partial charge in [-0.2, -0.15) is 4.98 Å². The molecule has 3 aromatic heterocycles. The molecule has 1 amide bonds. The molecule has 28 heavy (non-hydrogen) atoms. The number of nitrogens with one attached hydrogen (secondary N) is 1. The van der Waals surface area contributed by atoms with Gasteiger partial charge in [-0.15, -0.1) is 0 Å². The summed E-state index contributed by atoms with van der Waals surface area (Å²) in [7, 11) is 0. The van der Waals surface area contributed by atoms with Crippen LogP contribution < -0.4 is 11.0 Å². The minimum atomic E-state index is -0.372. The highest BCUT2D eigenvalue weighted by molar-refractivity contribution is 5.76. The first-order valence-corrected chi connectivity index (χ1v) is 9.77. The van der Waals surface area contributed by atoms with Crippen molar-refractivity contribution in [1.29, 1.82) is 0 Å². The van der Waals surface area contributed by atoms with Gasteiger partial charge in [0.05, 0.1) is 0 Å². The predicted molar refractivity (Wildman–Crippen MR) is 107 cm³/mol. The van der Waals surface area contributed by atoms with Crippen LogP contribution in [0.5, 0.6) is 0 Å². The monoisotopic (exact) mass is 379 g/mol. The number of nitrogens with zero attached hydrogens (tertiary/aromatic N) is 4. The van der Waals surface area contributed by atoms with Crippen LogP contribution in [0.15, 0.2) is 41.5 Å². The van der Waals surface area contributed by atoms with Crippen LogP contribution >= 0.6 is 0 Å². The second-order valence-corrected chi connectivity index (χ2v) is 7.62. The number of hydrogen-bond acceptors (Lipinski definition) is 4. The maximum atomic E-state index is 12.4. The highest BCUT2D eigenvalue weighted by atomic mass is 16.2. The summed E-state index contributed by atoms with van der Waals surface area (Å²) in [6.07, 6.45) is 7.77. The number of carbonyl (C=O) groups is 1. The third-order valence-electron chi connectivity index (χ3n) is 5.58. The Balaban J connectivity index is 1.36. The molecule has 1 fully saturated rings. The summed E-state index contributed by atoms with van der Waals surface area (Å²) in [5, 5.41) is 4.25. The van der Waals surface area contributed by atoms with Gasteiger partial charge >= 0.3 is 5.69 Å². The number of carbonyl (C=O) groups excluding carboxylic acids is 1. The van der Waals surface area contributed by atoms with Gasteiger partial charge in [0.2, 0.25) is 5.91 Å². The predicted octanol–water partition coefficient (Wildman–Crippen LogP) is 2.51. The van der Waals surface area contributed by atoms with E-state index >= 15 is 0 Å². The van der Waals surface area contributed by atoms with Crippen LogP contribution in [-0.4, -0.2) is 31.1 Å². The van der Waals surface area contributed by atoms with Crippen molar-refractivity contribution < 1.29 is 4.79 Å². The summed E-state index contributed by atoms with van der Waals surface area (Å²) in [6, 6.07) is 8.51. The summed E-state index contributed by atoms with van der Waals surface area (Å²) in [4.78, 5) is 32.9. The molecule has 1 aliphatic carbocycles. The zero-order chi connectivity index (χ0) is 19.7. The fourth-order valence-corrected chi connectivity index (χ4v) is 4.16. The van der Waals surface area contributed by atoms with Crippen LogP contribution in [0.4, 0.5) is 0 Å². The Morgan fingerprint density at radius 2 is 2.00 bits per heavy atom. The third kappa shape index (κ3) is 3.69. The lowest BCUT2D eigenvalue weighted by Crippen LogP contribution is -2.41. The van der Waals surface area contributed by atoms with Crippen LogP contribution in [0.2, 0.25) is 0 Å². The Morgan fingerprint density at radius 3 is 2.75 bits per heavy atom. The molecule has 1 N–H and O–H groups in total. The molecule has 0 aliphatic heterocycles. The van der Waals surface area contributed by atoms with Crippen molar-refractivity contribution in [2.45, 2.75) is 58.2 Å². The maximum Gasteiger partial charge on any atom is 0.348 e. The van der Waals surface area contributed by atoms with Gasteiger partial charge in [0, 0.05) is 41.3 Å². The molecule has 0 radical (unpaired) electrons. The van der Waals surface area contributed by atoms with Crippen molar-refractivity contribution in [1.82, 2.24) is 24.4 Å². The van der Waals surface area contributed by atoms with E-state index in [1.54, 1.807) is 6.92 Å². The summed E-state index contributed by atoms with van der Waals surface area (Å²) in [6.45, 7) is 3.62. The first-order valence-electron chi connectivity index (χ1n) is 9.77. The number of amides is 1. The average molecular weight is 379 g/mol. The van der Waals surface area contributed by atoms with Gasteiger partial charge in [-0.3, -0.25) is 9.36 Å². The Morgan fingerprint density at radius 1 is 1.21 bits per heavy atom. The van der Waals surface area contributed by atoms with Crippen LogP contribution in [0, 0.1) is 13.8 Å². The van der Waals surface area contributed by atoms with Gasteiger partial charge in [0.15, 0.2) is 0 Å². The summed E-state index contributed by atoms with van der Waals surface area (Å²) < 4.78 is 3.68. The minimum Gasteiger partial charge on any atom is -0.352 e. The Kier molecular flexibility index (Phi) is 4.98. The zero-order valence-electron chi connectivity index (χ0n) is 16.3. The first kappa shape index (κ1) is 18.4. The van der Waals surface area contributed by atoms with Gasteiger partial charge in [-0.05, 0) is 63.8 Å². The van der Waals surface area contributed by atoms with E-state index in [0.29, 0.717) is 11.7 Å². The number of aryl methyl sites for hydroxylation is 2. The molecule has 7 nitrogen and oxygen atoms in total. The van der Waals surface area contributed by atoms with Crippen LogP contribution in [0.25, 0.3) is 11.0 Å². The summed E-state index contributed by atoms with van der Waals surface area (Å²) in [5.41, 5.74) is 2.08. The zero-order valence-corrected chi connectivity index (χ0v) is 16.3. The number of aromatic nitrogens is 4. The minimum absolute atomic E-state index is 0.0179. The maximum absolute atomic E-state index is 12.4. The molecule has 146 valence electrons. The second-order valence-electron chi connectivity index (χ2n) is 7.62. The lowest BCUT2D eigenvalue weighted by Gasteiger charge is -2.30. The fraction of sp³-hybridized carbons (Fsp3) is 0.429. The standard InChI is InChI=1S/C21H25N5O2/c1-14-12-15(2)26(21(28)23-14)13-19(27)24-17-5-7-18(8-6-17)25-11-9-16-4-3-10-22-20(16)25/h3-4,9-12,17-18H,5-8,13H2,1-2H3,(H,24,27). The van der Waals surface area contributed by atoms with Gasteiger partial charge in [-0.1, -0.05) is 0 Å². The van der Waals surface area contributed by atoms with E-state index in [-0.39, 0.29) is 24.2 Å². The SMILES string of the molecule is Cc1cc(C)n(CC(=O)NC2CCC(n3ccc4cccnc43)CC2)c(=O)n1. The molecule has 4 rings (SSSR count). The van der Waals surface area contributed by atoms with Gasteiger partial charge in [-0.25, -0.2) is 9.78 Å². The molecule has 0 unspecified atom stereocenters. The van der Waals surface area contributed by atoms with Crippen molar-refractivity contribution >= 4 is 16.9 Å².